The van der Waals surface area contributed by atoms with Crippen LogP contribution in [0.2, 0.25) is 0 Å². The van der Waals surface area contributed by atoms with Crippen LogP contribution in [0, 0.1) is 21.8 Å². The molecular formula is C43H42FN7O8. The highest BCUT2D eigenvalue weighted by molar-refractivity contribution is 6.25. The van der Waals surface area contributed by atoms with Gasteiger partial charge < -0.3 is 19.4 Å². The number of carbonyl (C=O) groups is 4. The molecule has 5 amide bonds. The number of nitro groups is 1. The standard InChI is InChI=1S/C43H42FN7O8/c1-26-7-6-17-49-39(26)42(55)50(43(49)56)36-15-16-37(51(57)58)30-13-12-28(25-32(30)36)59-22-5-4-10-38(52)47-18-20-48(21-19-47)41(54)33-23-27(11-14-34(33)44)24-35-29-8-2-3-9-31(29)40(53)46-45-35/h2-3,8-9,11-16,23,25-26,39H,4-7,10,17-22,24H2,1H3,(H,46,53)/t26-,39-/m0/s1. The van der Waals surface area contributed by atoms with Crippen molar-refractivity contribution < 1.29 is 33.2 Å². The average molecular weight is 804 g/mol. The first-order valence-electron chi connectivity index (χ1n) is 19.8. The van der Waals surface area contributed by atoms with Crippen LogP contribution in [0.1, 0.15) is 60.6 Å². The number of urea groups is 1. The molecule has 0 saturated carbocycles. The molecule has 1 aromatic heterocycles. The number of nitrogens with zero attached hydrogens (tertiary/aromatic N) is 6. The number of piperidine rings is 1. The van der Waals surface area contributed by atoms with Gasteiger partial charge in [-0.3, -0.25) is 29.3 Å². The molecule has 0 unspecified atom stereocenters. The van der Waals surface area contributed by atoms with Crippen molar-refractivity contribution in [3.63, 3.8) is 0 Å². The van der Waals surface area contributed by atoms with Crippen molar-refractivity contribution in [2.75, 3.05) is 44.2 Å². The van der Waals surface area contributed by atoms with E-state index in [2.05, 4.69) is 10.2 Å². The molecule has 59 heavy (non-hydrogen) atoms. The molecule has 15 nitrogen and oxygen atoms in total. The number of hydrogen-bond donors (Lipinski definition) is 1. The fraction of sp³-hybridized carbons (Fsp3) is 0.349. The first kappa shape index (κ1) is 39.1. The van der Waals surface area contributed by atoms with Gasteiger partial charge in [0.2, 0.25) is 5.91 Å². The van der Waals surface area contributed by atoms with Crippen LogP contribution in [0.25, 0.3) is 21.5 Å². The van der Waals surface area contributed by atoms with Gasteiger partial charge >= 0.3 is 6.03 Å². The number of aromatic nitrogens is 2. The number of fused-ring (bicyclic) bond motifs is 3. The zero-order valence-electron chi connectivity index (χ0n) is 32.4. The Labute approximate surface area is 337 Å². The minimum Gasteiger partial charge on any atom is -0.494 e. The molecule has 0 radical (unpaired) electrons. The van der Waals surface area contributed by atoms with Gasteiger partial charge in [-0.1, -0.05) is 31.2 Å². The Balaban J connectivity index is 0.844. The molecule has 3 fully saturated rings. The highest BCUT2D eigenvalue weighted by Crippen LogP contribution is 2.40. The summed E-state index contributed by atoms with van der Waals surface area (Å²) in [5, 5.41) is 20.4. The van der Waals surface area contributed by atoms with Gasteiger partial charge in [-0.2, -0.15) is 5.10 Å². The van der Waals surface area contributed by atoms with E-state index in [9.17, 15) is 38.5 Å². The van der Waals surface area contributed by atoms with Crippen LogP contribution in [0.5, 0.6) is 5.75 Å². The lowest BCUT2D eigenvalue weighted by molar-refractivity contribution is -0.383. The van der Waals surface area contributed by atoms with Gasteiger partial charge in [-0.05, 0) is 79.6 Å². The number of anilines is 1. The van der Waals surface area contributed by atoms with E-state index >= 15 is 0 Å². The van der Waals surface area contributed by atoms with E-state index in [1.807, 2.05) is 13.0 Å². The van der Waals surface area contributed by atoms with Gasteiger partial charge in [-0.15, -0.1) is 0 Å². The normalized spacial score (nSPS) is 18.1. The summed E-state index contributed by atoms with van der Waals surface area (Å²) < 4.78 is 21.0. The van der Waals surface area contributed by atoms with E-state index in [-0.39, 0.29) is 78.2 Å². The number of rotatable bonds is 11. The summed E-state index contributed by atoms with van der Waals surface area (Å²) in [5.74, 6) is -1.12. The lowest BCUT2D eigenvalue weighted by atomic mass is 9.91. The number of piperazine rings is 1. The van der Waals surface area contributed by atoms with Crippen LogP contribution in [0.3, 0.4) is 0 Å². The summed E-state index contributed by atoms with van der Waals surface area (Å²) >= 11 is 0. The van der Waals surface area contributed by atoms with Crippen LogP contribution in [0.15, 0.2) is 77.6 Å². The number of amides is 5. The number of H-pyrrole nitrogens is 1. The van der Waals surface area contributed by atoms with Gasteiger partial charge in [0.25, 0.3) is 23.1 Å². The van der Waals surface area contributed by atoms with E-state index < -0.39 is 28.7 Å². The van der Waals surface area contributed by atoms with E-state index in [4.69, 9.17) is 4.74 Å². The molecule has 5 aromatic rings. The van der Waals surface area contributed by atoms with Crippen LogP contribution >= 0.6 is 0 Å². The Morgan fingerprint density at radius 1 is 0.898 bits per heavy atom. The number of hydrogen-bond acceptors (Lipinski definition) is 9. The molecule has 3 saturated heterocycles. The molecular weight excluding hydrogens is 762 g/mol. The van der Waals surface area contributed by atoms with Crippen molar-refractivity contribution in [1.29, 1.82) is 0 Å². The predicted molar refractivity (Wildman–Crippen MR) is 216 cm³/mol. The maximum Gasteiger partial charge on any atom is 0.332 e. The number of nitrogens with one attached hydrogen (secondary N) is 1. The van der Waals surface area contributed by atoms with Crippen molar-refractivity contribution in [1.82, 2.24) is 24.9 Å². The molecule has 3 aliphatic heterocycles. The Morgan fingerprint density at radius 2 is 1.66 bits per heavy atom. The Morgan fingerprint density at radius 3 is 2.42 bits per heavy atom. The zero-order valence-corrected chi connectivity index (χ0v) is 32.4. The van der Waals surface area contributed by atoms with E-state index in [1.165, 1.54) is 29.2 Å². The van der Waals surface area contributed by atoms with E-state index in [0.717, 1.165) is 17.7 Å². The zero-order chi connectivity index (χ0) is 41.4. The van der Waals surface area contributed by atoms with Gasteiger partial charge in [-0.25, -0.2) is 19.2 Å². The Bertz CT molecular complexity index is 2570. The van der Waals surface area contributed by atoms with Gasteiger partial charge in [0.1, 0.15) is 17.6 Å². The molecule has 8 rings (SSSR count). The third-order valence-corrected chi connectivity index (χ3v) is 11.6. The first-order chi connectivity index (χ1) is 28.5. The molecule has 304 valence electrons. The summed E-state index contributed by atoms with van der Waals surface area (Å²) in [6.45, 7) is 3.78. The fourth-order valence-corrected chi connectivity index (χ4v) is 8.50. The summed E-state index contributed by atoms with van der Waals surface area (Å²) in [4.78, 5) is 83.1. The quantitative estimate of drug-likeness (QED) is 0.0746. The van der Waals surface area contributed by atoms with Crippen molar-refractivity contribution >= 4 is 56.7 Å². The third kappa shape index (κ3) is 7.57. The number of ether oxygens (including phenoxy) is 1. The minimum absolute atomic E-state index is 0.00339. The third-order valence-electron chi connectivity index (χ3n) is 11.6. The van der Waals surface area contributed by atoms with Gasteiger partial charge in [0.15, 0.2) is 0 Å². The second-order valence-corrected chi connectivity index (χ2v) is 15.3. The topological polar surface area (TPSA) is 179 Å². The molecule has 0 bridgehead atoms. The molecule has 4 aromatic carbocycles. The lowest BCUT2D eigenvalue weighted by Crippen LogP contribution is -2.50. The summed E-state index contributed by atoms with van der Waals surface area (Å²) in [6, 6.07) is 18.0. The monoisotopic (exact) mass is 803 g/mol. The van der Waals surface area contributed by atoms with Crippen LogP contribution < -0.4 is 15.2 Å². The number of aromatic amines is 1. The highest BCUT2D eigenvalue weighted by Gasteiger charge is 2.50. The van der Waals surface area contributed by atoms with Gasteiger partial charge in [0.05, 0.1) is 39.2 Å². The molecule has 0 spiro atoms. The largest absolute Gasteiger partial charge is 0.494 e. The lowest BCUT2D eigenvalue weighted by Gasteiger charge is -2.35. The minimum atomic E-state index is -0.647. The maximum absolute atomic E-state index is 15.0. The fourth-order valence-electron chi connectivity index (χ4n) is 8.50. The second-order valence-electron chi connectivity index (χ2n) is 15.3. The molecule has 3 aliphatic rings. The molecule has 0 aliphatic carbocycles. The van der Waals surface area contributed by atoms with Crippen LogP contribution in [0.4, 0.5) is 20.6 Å². The van der Waals surface area contributed by atoms with E-state index in [0.29, 0.717) is 65.6 Å². The number of carbonyl (C=O) groups excluding carboxylic acids is 4. The summed E-state index contributed by atoms with van der Waals surface area (Å²) in [6.07, 6.45) is 3.21. The number of nitro benzene ring substituents is 1. The van der Waals surface area contributed by atoms with Crippen molar-refractivity contribution in [3.8, 4) is 5.75 Å². The Kier molecular flexibility index (Phi) is 10.8. The number of unbranched alkanes of at least 4 members (excludes halogenated alkanes) is 1. The molecule has 16 heteroatoms. The second kappa shape index (κ2) is 16.3. The first-order valence-corrected chi connectivity index (χ1v) is 19.8. The average Bonchev–Trinajstić information content (AvgIpc) is 3.50. The van der Waals surface area contributed by atoms with Crippen LogP contribution in [-0.2, 0) is 16.0 Å². The molecule has 2 atom stereocenters. The number of halogens is 1. The van der Waals surface area contributed by atoms with E-state index in [1.54, 1.807) is 52.3 Å². The highest BCUT2D eigenvalue weighted by atomic mass is 19.1. The summed E-state index contributed by atoms with van der Waals surface area (Å²) in [5.41, 5.74) is 0.996. The van der Waals surface area contributed by atoms with Gasteiger partial charge in [0, 0.05) is 62.4 Å². The molecule has 1 N–H and O–H groups in total. The predicted octanol–water partition coefficient (Wildman–Crippen LogP) is 5.82. The van der Waals surface area contributed by atoms with Crippen molar-refractivity contribution in [2.24, 2.45) is 5.92 Å². The number of non-ortho nitro benzene ring substituents is 1. The van der Waals surface area contributed by atoms with Crippen LogP contribution in [-0.4, -0.2) is 98.9 Å². The van der Waals surface area contributed by atoms with Crippen molar-refractivity contribution in [2.45, 2.75) is 51.5 Å². The SMILES string of the molecule is C[C@H]1CCCN2C(=O)N(c3ccc([N+](=O)[O-])c4ccc(OCCCCC(=O)N5CCN(C(=O)c6cc(Cc7n[nH]c(=O)c8ccccc78)ccc6F)CC5)cc34)C(=O)[C@H]12. The number of benzene rings is 4. The Hall–Kier alpha value is -6.71. The maximum atomic E-state index is 15.0. The number of imide groups is 1. The van der Waals surface area contributed by atoms with Crippen molar-refractivity contribution in [3.05, 3.63) is 116 Å². The molecule has 4 heterocycles. The smallest absolute Gasteiger partial charge is 0.332 e. The summed E-state index contributed by atoms with van der Waals surface area (Å²) in [7, 11) is 0.